The molecule has 1 atom stereocenters. The molecule has 29 heavy (non-hydrogen) atoms. The van der Waals surface area contributed by atoms with Gasteiger partial charge < -0.3 is 24.2 Å². The van der Waals surface area contributed by atoms with Crippen LogP contribution >= 0.6 is 0 Å². The van der Waals surface area contributed by atoms with Crippen LogP contribution in [0.4, 0.5) is 10.1 Å². The summed E-state index contributed by atoms with van der Waals surface area (Å²) in [5, 5.41) is 10.5. The molecule has 0 aromatic heterocycles. The number of hydrogen-bond donors (Lipinski definition) is 1. The molecule has 0 fully saturated rings. The number of halogens is 1. The first-order valence-corrected chi connectivity index (χ1v) is 9.20. The first kappa shape index (κ1) is 20.5. The Bertz CT molecular complexity index is 947. The van der Waals surface area contributed by atoms with Crippen LogP contribution < -0.4 is 19.1 Å². The van der Waals surface area contributed by atoms with E-state index < -0.39 is 12.0 Å². The Kier molecular flexibility index (Phi) is 6.57. The Morgan fingerprint density at radius 1 is 0.897 bits per heavy atom. The molecule has 0 aliphatic carbocycles. The highest BCUT2D eigenvalue weighted by molar-refractivity contribution is 5.61. The van der Waals surface area contributed by atoms with E-state index in [0.29, 0.717) is 28.7 Å². The Labute approximate surface area is 169 Å². The van der Waals surface area contributed by atoms with Gasteiger partial charge in [0.2, 0.25) is 0 Å². The van der Waals surface area contributed by atoms with E-state index >= 15 is 0 Å². The van der Waals surface area contributed by atoms with E-state index in [2.05, 4.69) is 0 Å². The van der Waals surface area contributed by atoms with Crippen molar-refractivity contribution in [2.75, 3.05) is 19.1 Å². The monoisotopic (exact) mass is 397 g/mol. The van der Waals surface area contributed by atoms with Crippen molar-refractivity contribution in [1.29, 1.82) is 0 Å². The molecule has 0 heterocycles. The molecule has 0 radical (unpaired) electrons. The molecular formula is C23H24FNO4. The molecule has 3 rings (SSSR count). The smallest absolute Gasteiger partial charge is 0.151 e. The molecule has 0 saturated carbocycles. The van der Waals surface area contributed by atoms with Gasteiger partial charge in [0.15, 0.2) is 5.75 Å². The lowest BCUT2D eigenvalue weighted by Gasteiger charge is -2.30. The van der Waals surface area contributed by atoms with Crippen LogP contribution in [0.15, 0.2) is 66.7 Å². The van der Waals surface area contributed by atoms with Crippen LogP contribution in [0.25, 0.3) is 0 Å². The molecule has 1 N–H and O–H groups in total. The molecule has 152 valence electrons. The maximum Gasteiger partial charge on any atom is 0.151 e. The van der Waals surface area contributed by atoms with E-state index in [4.69, 9.17) is 14.2 Å². The van der Waals surface area contributed by atoms with Crippen molar-refractivity contribution in [3.63, 3.8) is 0 Å². The summed E-state index contributed by atoms with van der Waals surface area (Å²) in [6, 6.07) is 18.8. The van der Waals surface area contributed by atoms with Crippen LogP contribution in [0.5, 0.6) is 23.0 Å². The summed E-state index contributed by atoms with van der Waals surface area (Å²) in [7, 11) is 3.15. The van der Waals surface area contributed by atoms with E-state index in [0.717, 1.165) is 5.56 Å². The number of benzene rings is 3. The van der Waals surface area contributed by atoms with E-state index in [1.807, 2.05) is 36.4 Å². The molecule has 0 amide bonds. The van der Waals surface area contributed by atoms with Crippen LogP contribution in [-0.2, 0) is 6.54 Å². The number of methoxy groups -OCH3 is 2. The third kappa shape index (κ3) is 4.97. The summed E-state index contributed by atoms with van der Waals surface area (Å²) in [4.78, 5) is 1.64. The van der Waals surface area contributed by atoms with Gasteiger partial charge in [-0.1, -0.05) is 18.2 Å². The maximum atomic E-state index is 14.1. The first-order chi connectivity index (χ1) is 14.0. The highest BCUT2D eigenvalue weighted by Gasteiger charge is 2.20. The average molecular weight is 397 g/mol. The molecule has 0 saturated heterocycles. The number of rotatable bonds is 8. The number of anilines is 1. The fourth-order valence-corrected chi connectivity index (χ4v) is 3.02. The minimum Gasteiger partial charge on any atom is -0.497 e. The summed E-state index contributed by atoms with van der Waals surface area (Å²) in [5.41, 5.74) is 1.20. The van der Waals surface area contributed by atoms with Crippen LogP contribution in [0.2, 0.25) is 0 Å². The van der Waals surface area contributed by atoms with Gasteiger partial charge in [0.25, 0.3) is 0 Å². The first-order valence-electron chi connectivity index (χ1n) is 9.20. The number of ether oxygens (including phenoxy) is 3. The summed E-state index contributed by atoms with van der Waals surface area (Å²) >= 11 is 0. The van der Waals surface area contributed by atoms with Gasteiger partial charge in [-0.3, -0.25) is 0 Å². The lowest BCUT2D eigenvalue weighted by atomic mass is 10.1. The van der Waals surface area contributed by atoms with E-state index in [1.165, 1.54) is 12.1 Å². The predicted octanol–water partition coefficient (Wildman–Crippen LogP) is 4.98. The fraction of sp³-hybridized carbons (Fsp3) is 0.217. The predicted molar refractivity (Wildman–Crippen MR) is 110 cm³/mol. The lowest BCUT2D eigenvalue weighted by molar-refractivity contribution is 0.185. The Morgan fingerprint density at radius 2 is 1.62 bits per heavy atom. The minimum atomic E-state index is -0.911. The third-order valence-corrected chi connectivity index (χ3v) is 4.48. The molecular weight excluding hydrogens is 373 g/mol. The second kappa shape index (κ2) is 9.30. The summed E-state index contributed by atoms with van der Waals surface area (Å²) in [6.45, 7) is 1.87. The van der Waals surface area contributed by atoms with Crippen molar-refractivity contribution in [2.24, 2.45) is 0 Å². The highest BCUT2D eigenvalue weighted by atomic mass is 19.1. The number of para-hydroxylation sites is 1. The minimum absolute atomic E-state index is 0.257. The largest absolute Gasteiger partial charge is 0.497 e. The molecule has 0 spiro atoms. The van der Waals surface area contributed by atoms with Gasteiger partial charge in [0.1, 0.15) is 29.3 Å². The third-order valence-electron chi connectivity index (χ3n) is 4.48. The van der Waals surface area contributed by atoms with Gasteiger partial charge in [-0.15, -0.1) is 0 Å². The van der Waals surface area contributed by atoms with Gasteiger partial charge in [-0.2, -0.15) is 0 Å². The van der Waals surface area contributed by atoms with Crippen molar-refractivity contribution in [1.82, 2.24) is 0 Å². The lowest BCUT2D eigenvalue weighted by Crippen LogP contribution is -2.32. The zero-order valence-electron chi connectivity index (χ0n) is 16.6. The molecule has 5 nitrogen and oxygen atoms in total. The quantitative estimate of drug-likeness (QED) is 0.543. The van der Waals surface area contributed by atoms with Gasteiger partial charge in [0, 0.05) is 18.2 Å². The number of nitrogens with zero attached hydrogens (tertiary/aromatic N) is 1. The number of aliphatic hydroxyl groups is 1. The SMILES string of the molecule is COc1ccc(OC)c(CN(c2cc(F)ccc2Oc2ccccc2)C(C)O)c1. The van der Waals surface area contributed by atoms with Crippen LogP contribution in [-0.4, -0.2) is 25.6 Å². The molecule has 3 aromatic rings. The summed E-state index contributed by atoms with van der Waals surface area (Å²) in [5.74, 6) is 1.92. The second-order valence-electron chi connectivity index (χ2n) is 6.46. The van der Waals surface area contributed by atoms with Gasteiger partial charge >= 0.3 is 0 Å². The summed E-state index contributed by atoms with van der Waals surface area (Å²) in [6.07, 6.45) is -0.911. The fourth-order valence-electron chi connectivity index (χ4n) is 3.02. The van der Waals surface area contributed by atoms with Gasteiger partial charge in [-0.05, 0) is 49.4 Å². The zero-order chi connectivity index (χ0) is 20.8. The average Bonchev–Trinajstić information content (AvgIpc) is 2.73. The summed E-state index contributed by atoms with van der Waals surface area (Å²) < 4.78 is 30.8. The van der Waals surface area contributed by atoms with Crippen molar-refractivity contribution in [3.8, 4) is 23.0 Å². The molecule has 1 unspecified atom stereocenters. The Balaban J connectivity index is 2.00. The van der Waals surface area contributed by atoms with Crippen molar-refractivity contribution in [3.05, 3.63) is 78.1 Å². The second-order valence-corrected chi connectivity index (χ2v) is 6.46. The number of aliphatic hydroxyl groups excluding tert-OH is 1. The molecule has 6 heteroatoms. The topological polar surface area (TPSA) is 51.2 Å². The Morgan fingerprint density at radius 3 is 2.28 bits per heavy atom. The highest BCUT2D eigenvalue weighted by Crippen LogP contribution is 2.36. The maximum absolute atomic E-state index is 14.1. The van der Waals surface area contributed by atoms with Crippen LogP contribution in [0.3, 0.4) is 0 Å². The van der Waals surface area contributed by atoms with E-state index in [-0.39, 0.29) is 6.54 Å². The van der Waals surface area contributed by atoms with Gasteiger partial charge in [0.05, 0.1) is 19.9 Å². The molecule has 0 bridgehead atoms. The van der Waals surface area contributed by atoms with Crippen molar-refractivity contribution in [2.45, 2.75) is 19.7 Å². The zero-order valence-corrected chi connectivity index (χ0v) is 16.6. The van der Waals surface area contributed by atoms with Crippen molar-refractivity contribution < 1.29 is 23.7 Å². The normalized spacial score (nSPS) is 11.6. The van der Waals surface area contributed by atoms with E-state index in [1.54, 1.807) is 44.2 Å². The van der Waals surface area contributed by atoms with Crippen molar-refractivity contribution >= 4 is 5.69 Å². The molecule has 0 aliphatic rings. The number of hydrogen-bond acceptors (Lipinski definition) is 5. The standard InChI is InChI=1S/C23H24FNO4/c1-16(26)25(15-17-13-20(27-2)10-12-22(17)28-3)21-14-18(24)9-11-23(21)29-19-7-5-4-6-8-19/h4-14,16,26H,15H2,1-3H3. The molecule has 0 aliphatic heterocycles. The Hall–Kier alpha value is -3.25. The van der Waals surface area contributed by atoms with E-state index in [9.17, 15) is 9.50 Å². The van der Waals surface area contributed by atoms with Crippen LogP contribution in [0.1, 0.15) is 12.5 Å². The van der Waals surface area contributed by atoms with Gasteiger partial charge in [-0.25, -0.2) is 4.39 Å². The van der Waals surface area contributed by atoms with Crippen LogP contribution in [0, 0.1) is 5.82 Å². The molecule has 3 aromatic carbocycles.